The predicted octanol–water partition coefficient (Wildman–Crippen LogP) is 5.83. The molecule has 1 aromatic carbocycles. The van der Waals surface area contributed by atoms with E-state index in [1.165, 1.54) is 10.5 Å². The quantitative estimate of drug-likeness (QED) is 0.523. The van der Waals surface area contributed by atoms with Crippen molar-refractivity contribution < 1.29 is 19.4 Å². The Hall–Kier alpha value is -2.12. The molecule has 8 heteroatoms. The van der Waals surface area contributed by atoms with E-state index in [2.05, 4.69) is 28.1 Å². The van der Waals surface area contributed by atoms with Gasteiger partial charge in [0.1, 0.15) is 11.6 Å². The molecular formula is C25H28BrClN2O4. The number of pyridine rings is 1. The molecule has 1 aliphatic carbocycles. The average molecular weight is 536 g/mol. The van der Waals surface area contributed by atoms with E-state index in [0.29, 0.717) is 24.4 Å². The van der Waals surface area contributed by atoms with Crippen LogP contribution in [-0.2, 0) is 22.4 Å². The summed E-state index contributed by atoms with van der Waals surface area (Å²) in [4.78, 5) is 31.1. The number of ether oxygens (including phenoxy) is 1. The van der Waals surface area contributed by atoms with E-state index in [0.717, 1.165) is 34.1 Å². The molecule has 176 valence electrons. The van der Waals surface area contributed by atoms with Crippen molar-refractivity contribution in [1.82, 2.24) is 9.88 Å². The van der Waals surface area contributed by atoms with Crippen LogP contribution in [0.2, 0.25) is 5.02 Å². The van der Waals surface area contributed by atoms with Gasteiger partial charge in [-0.15, -0.1) is 0 Å². The van der Waals surface area contributed by atoms with E-state index in [1.807, 2.05) is 12.1 Å². The lowest BCUT2D eigenvalue weighted by atomic mass is 9.74. The minimum atomic E-state index is -1.01. The number of hydrogen-bond donors (Lipinski definition) is 1. The fourth-order valence-electron chi connectivity index (χ4n) is 5.03. The fraction of sp³-hybridized carbons (Fsp3) is 0.480. The van der Waals surface area contributed by atoms with Crippen LogP contribution < -0.4 is 0 Å². The number of halogens is 2. The monoisotopic (exact) mass is 534 g/mol. The van der Waals surface area contributed by atoms with Crippen molar-refractivity contribution in [2.45, 2.75) is 64.0 Å². The number of aliphatic carboxylic acids is 1. The second-order valence-corrected chi connectivity index (χ2v) is 11.2. The van der Waals surface area contributed by atoms with E-state index in [1.54, 1.807) is 27.0 Å². The van der Waals surface area contributed by atoms with E-state index in [4.69, 9.17) is 21.3 Å². The van der Waals surface area contributed by atoms with Gasteiger partial charge < -0.3 is 9.84 Å². The van der Waals surface area contributed by atoms with Gasteiger partial charge in [0.25, 0.3) is 0 Å². The number of carbonyl (C=O) groups is 2. The second-order valence-electron chi connectivity index (χ2n) is 9.83. The largest absolute Gasteiger partial charge is 0.480 e. The zero-order valence-corrected chi connectivity index (χ0v) is 21.3. The van der Waals surface area contributed by atoms with Crippen molar-refractivity contribution in [2.24, 2.45) is 5.92 Å². The number of benzene rings is 1. The first kappa shape index (κ1) is 24.0. The maximum absolute atomic E-state index is 12.7. The van der Waals surface area contributed by atoms with Gasteiger partial charge in [-0.2, -0.15) is 0 Å². The number of likely N-dealkylation sites (tertiary alicyclic amines) is 1. The Balaban J connectivity index is 1.71. The Labute approximate surface area is 207 Å². The molecule has 0 saturated carbocycles. The van der Waals surface area contributed by atoms with Gasteiger partial charge in [-0.25, -0.2) is 9.59 Å². The highest BCUT2D eigenvalue weighted by molar-refractivity contribution is 9.10. The van der Waals surface area contributed by atoms with Gasteiger partial charge in [-0.05, 0) is 103 Å². The molecular weight excluding hydrogens is 508 g/mol. The Morgan fingerprint density at radius 2 is 1.94 bits per heavy atom. The predicted molar refractivity (Wildman–Crippen MR) is 130 cm³/mol. The molecule has 1 aromatic heterocycles. The molecule has 1 amide bonds. The summed E-state index contributed by atoms with van der Waals surface area (Å²) in [5, 5.41) is 10.7. The van der Waals surface area contributed by atoms with Gasteiger partial charge in [-0.3, -0.25) is 9.88 Å². The van der Waals surface area contributed by atoms with Crippen molar-refractivity contribution in [3.8, 4) is 0 Å². The zero-order chi connectivity index (χ0) is 23.9. The number of rotatable bonds is 2. The molecule has 4 rings (SSSR count). The maximum Gasteiger partial charge on any atom is 0.411 e. The maximum atomic E-state index is 12.7. The van der Waals surface area contributed by atoms with Gasteiger partial charge in [-0.1, -0.05) is 17.7 Å². The summed E-state index contributed by atoms with van der Waals surface area (Å²) >= 11 is 9.85. The van der Waals surface area contributed by atoms with E-state index in [-0.39, 0.29) is 11.8 Å². The van der Waals surface area contributed by atoms with Crippen molar-refractivity contribution in [1.29, 1.82) is 0 Å². The summed E-state index contributed by atoms with van der Waals surface area (Å²) < 4.78 is 6.41. The molecule has 0 bridgehead atoms. The van der Waals surface area contributed by atoms with Crippen molar-refractivity contribution in [3.63, 3.8) is 0 Å². The zero-order valence-electron chi connectivity index (χ0n) is 19.0. The van der Waals surface area contributed by atoms with E-state index < -0.39 is 23.7 Å². The SMILES string of the molecule is CC(C)(C)OC(=O)N1CCC([C@H]2c3ccc(Cl)cc3CCc3cc(Br)cnc32)CC1C(=O)O. The van der Waals surface area contributed by atoms with Gasteiger partial charge in [0.05, 0.1) is 5.69 Å². The second kappa shape index (κ2) is 9.26. The number of piperidine rings is 1. The van der Waals surface area contributed by atoms with E-state index >= 15 is 0 Å². The van der Waals surface area contributed by atoms with Gasteiger partial charge in [0.15, 0.2) is 0 Å². The molecule has 6 nitrogen and oxygen atoms in total. The molecule has 0 radical (unpaired) electrons. The molecule has 2 heterocycles. The average Bonchev–Trinajstić information content (AvgIpc) is 2.88. The highest BCUT2D eigenvalue weighted by Crippen LogP contribution is 2.44. The smallest absolute Gasteiger partial charge is 0.411 e. The molecule has 1 fully saturated rings. The summed E-state index contributed by atoms with van der Waals surface area (Å²) in [6, 6.07) is 7.11. The number of amides is 1. The number of hydrogen-bond acceptors (Lipinski definition) is 4. The summed E-state index contributed by atoms with van der Waals surface area (Å²) in [6.45, 7) is 5.66. The fourth-order valence-corrected chi connectivity index (χ4v) is 5.60. The van der Waals surface area contributed by atoms with Gasteiger partial charge in [0.2, 0.25) is 0 Å². The molecule has 33 heavy (non-hydrogen) atoms. The Kier molecular flexibility index (Phi) is 6.74. The van der Waals surface area contributed by atoms with Crippen molar-refractivity contribution in [2.75, 3.05) is 6.54 Å². The third-order valence-electron chi connectivity index (χ3n) is 6.39. The molecule has 2 unspecified atom stereocenters. The first-order valence-electron chi connectivity index (χ1n) is 11.2. The molecule has 3 atom stereocenters. The lowest BCUT2D eigenvalue weighted by Gasteiger charge is -2.40. The summed E-state index contributed by atoms with van der Waals surface area (Å²) in [6.07, 6.45) is 3.90. The topological polar surface area (TPSA) is 79.7 Å². The normalized spacial score (nSPS) is 22.7. The van der Waals surface area contributed by atoms with Gasteiger partial charge in [0, 0.05) is 28.2 Å². The molecule has 1 aliphatic heterocycles. The first-order valence-corrected chi connectivity index (χ1v) is 12.4. The van der Waals surface area contributed by atoms with Crippen LogP contribution in [0.5, 0.6) is 0 Å². The summed E-state index contributed by atoms with van der Waals surface area (Å²) in [5.41, 5.74) is 3.77. The van der Waals surface area contributed by atoms with Crippen LogP contribution in [0.4, 0.5) is 4.79 Å². The Morgan fingerprint density at radius 3 is 2.64 bits per heavy atom. The molecule has 2 aliphatic rings. The minimum absolute atomic E-state index is 0.00948. The van der Waals surface area contributed by atoms with Crippen LogP contribution in [0.15, 0.2) is 34.9 Å². The van der Waals surface area contributed by atoms with Gasteiger partial charge >= 0.3 is 12.1 Å². The summed E-state index contributed by atoms with van der Waals surface area (Å²) in [7, 11) is 0. The highest BCUT2D eigenvalue weighted by Gasteiger charge is 2.42. The number of nitrogens with zero attached hydrogens (tertiary/aromatic N) is 2. The van der Waals surface area contributed by atoms with Crippen molar-refractivity contribution >= 4 is 39.6 Å². The number of carbonyl (C=O) groups excluding carboxylic acids is 1. The van der Waals surface area contributed by atoms with Crippen molar-refractivity contribution in [3.05, 3.63) is 62.3 Å². The molecule has 1 N–H and O–H groups in total. The van der Waals surface area contributed by atoms with Crippen LogP contribution in [0.3, 0.4) is 0 Å². The molecule has 2 aromatic rings. The van der Waals surface area contributed by atoms with Crippen LogP contribution in [0.25, 0.3) is 0 Å². The summed E-state index contributed by atoms with van der Waals surface area (Å²) in [5.74, 6) is -1.07. The lowest BCUT2D eigenvalue weighted by Crippen LogP contribution is -2.52. The molecule has 0 spiro atoms. The van der Waals surface area contributed by atoms with Crippen LogP contribution in [-0.4, -0.2) is 45.2 Å². The van der Waals surface area contributed by atoms with Crippen LogP contribution in [0, 0.1) is 5.92 Å². The minimum Gasteiger partial charge on any atom is -0.480 e. The number of carboxylic acids is 1. The molecule has 1 saturated heterocycles. The first-order chi connectivity index (χ1) is 15.5. The van der Waals surface area contributed by atoms with Crippen LogP contribution >= 0.6 is 27.5 Å². The standard InChI is InChI=1S/C25H28BrClN2O4/c1-25(2,3)33-24(32)29-9-8-15(12-20(29)23(30)31)21-19-7-6-18(27)11-14(19)4-5-16-10-17(26)13-28-22(16)21/h6-7,10-11,13,15,20-21H,4-5,8-9,12H2,1-3H3,(H,30,31)/t15?,20?,21-/m0/s1. The number of aromatic nitrogens is 1. The van der Waals surface area contributed by atoms with Crippen LogP contribution in [0.1, 0.15) is 61.9 Å². The number of fused-ring (bicyclic) bond motifs is 2. The number of carboxylic acid groups (broad SMARTS) is 1. The number of aryl methyl sites for hydroxylation is 2. The third-order valence-corrected chi connectivity index (χ3v) is 7.06. The van der Waals surface area contributed by atoms with E-state index in [9.17, 15) is 14.7 Å². The Bertz CT molecular complexity index is 1030. The third kappa shape index (κ3) is 5.19. The Morgan fingerprint density at radius 1 is 1.21 bits per heavy atom. The lowest BCUT2D eigenvalue weighted by molar-refractivity contribution is -0.145. The highest BCUT2D eigenvalue weighted by atomic mass is 79.9.